The van der Waals surface area contributed by atoms with Gasteiger partial charge in [0, 0.05) is 38.5 Å². The van der Waals surface area contributed by atoms with Crippen LogP contribution in [0.25, 0.3) is 16.8 Å². The smallest absolute Gasteiger partial charge is 0.494 e. The number of amides is 1. The monoisotopic (exact) mass is 603 g/mol. The Morgan fingerprint density at radius 1 is 0.762 bits per heavy atom. The van der Waals surface area contributed by atoms with Gasteiger partial charge in [-0.3, -0.25) is 0 Å². The SMILES string of the molecule is CCCOc1ccc2cc(/C=C/C(=O)OCCCCCCOC(=O)NCCC[Si](OCC)(OCC)OCC)ccc2c1. The topological polar surface area (TPSA) is 102 Å². The van der Waals surface area contributed by atoms with E-state index in [2.05, 4.69) is 12.2 Å². The molecule has 2 rings (SSSR count). The molecule has 1 N–H and O–H groups in total. The average Bonchev–Trinajstić information content (AvgIpc) is 2.98. The largest absolute Gasteiger partial charge is 0.500 e. The van der Waals surface area contributed by atoms with Crippen LogP contribution in [0.3, 0.4) is 0 Å². The molecule has 0 bridgehead atoms. The summed E-state index contributed by atoms with van der Waals surface area (Å²) < 4.78 is 33.7. The van der Waals surface area contributed by atoms with E-state index in [1.54, 1.807) is 6.08 Å². The highest BCUT2D eigenvalue weighted by atomic mass is 28.4. The zero-order valence-electron chi connectivity index (χ0n) is 25.8. The molecular formula is C32H49NO8Si. The minimum absolute atomic E-state index is 0.350. The maximum Gasteiger partial charge on any atom is 0.500 e. The van der Waals surface area contributed by atoms with Crippen LogP contribution in [0.4, 0.5) is 4.79 Å². The van der Waals surface area contributed by atoms with E-state index in [-0.39, 0.29) is 5.97 Å². The molecule has 0 aliphatic carbocycles. The fourth-order valence-corrected chi connectivity index (χ4v) is 6.92. The number of alkyl carbamates (subject to hydrolysis) is 1. The Kier molecular flexibility index (Phi) is 17.5. The Morgan fingerprint density at radius 2 is 1.40 bits per heavy atom. The first-order valence-electron chi connectivity index (χ1n) is 15.3. The van der Waals surface area contributed by atoms with Crippen LogP contribution < -0.4 is 10.1 Å². The van der Waals surface area contributed by atoms with Crippen molar-refractivity contribution < 1.29 is 37.1 Å². The minimum atomic E-state index is -2.69. The van der Waals surface area contributed by atoms with Gasteiger partial charge in [-0.2, -0.15) is 0 Å². The van der Waals surface area contributed by atoms with Gasteiger partial charge in [0.2, 0.25) is 0 Å². The van der Waals surface area contributed by atoms with Crippen LogP contribution >= 0.6 is 0 Å². The number of rotatable bonds is 22. The van der Waals surface area contributed by atoms with Gasteiger partial charge in [0.1, 0.15) is 5.75 Å². The number of hydrogen-bond acceptors (Lipinski definition) is 8. The van der Waals surface area contributed by atoms with Crippen molar-refractivity contribution in [3.8, 4) is 5.75 Å². The molecule has 10 heteroatoms. The molecular weight excluding hydrogens is 554 g/mol. The summed E-state index contributed by atoms with van der Waals surface area (Å²) in [5.41, 5.74) is 0.933. The number of carbonyl (C=O) groups is 2. The first kappa shape index (κ1) is 35.3. The molecule has 0 unspecified atom stereocenters. The molecule has 0 saturated carbocycles. The normalized spacial score (nSPS) is 11.6. The second kappa shape index (κ2) is 20.9. The summed E-state index contributed by atoms with van der Waals surface area (Å²) in [7, 11) is -2.69. The van der Waals surface area contributed by atoms with Crippen LogP contribution in [0.5, 0.6) is 5.75 Å². The molecule has 0 aromatic heterocycles. The van der Waals surface area contributed by atoms with Gasteiger partial charge in [0.25, 0.3) is 0 Å². The maximum absolute atomic E-state index is 12.1. The van der Waals surface area contributed by atoms with Crippen molar-refractivity contribution in [3.63, 3.8) is 0 Å². The predicted octanol–water partition coefficient (Wildman–Crippen LogP) is 6.91. The Hall–Kier alpha value is -2.92. The summed E-state index contributed by atoms with van der Waals surface area (Å²) in [4.78, 5) is 24.0. The highest BCUT2D eigenvalue weighted by Crippen LogP contribution is 2.23. The molecule has 0 aliphatic heterocycles. The molecule has 0 radical (unpaired) electrons. The Labute approximate surface area is 252 Å². The second-order valence-electron chi connectivity index (χ2n) is 9.68. The molecule has 0 fully saturated rings. The van der Waals surface area contributed by atoms with E-state index < -0.39 is 14.9 Å². The third kappa shape index (κ3) is 13.8. The lowest BCUT2D eigenvalue weighted by molar-refractivity contribution is -0.137. The van der Waals surface area contributed by atoms with Gasteiger partial charge in [-0.15, -0.1) is 0 Å². The molecule has 1 amide bonds. The van der Waals surface area contributed by atoms with Crippen molar-refractivity contribution in [2.45, 2.75) is 72.3 Å². The lowest BCUT2D eigenvalue weighted by Gasteiger charge is -2.28. The first-order valence-corrected chi connectivity index (χ1v) is 17.2. The van der Waals surface area contributed by atoms with Gasteiger partial charge in [0.05, 0.1) is 19.8 Å². The van der Waals surface area contributed by atoms with E-state index in [0.29, 0.717) is 58.7 Å². The molecule has 0 saturated heterocycles. The summed E-state index contributed by atoms with van der Waals surface area (Å²) >= 11 is 0. The van der Waals surface area contributed by atoms with Gasteiger partial charge in [-0.1, -0.05) is 25.1 Å². The Balaban J connectivity index is 1.54. The summed E-state index contributed by atoms with van der Waals surface area (Å²) in [6, 6.07) is 12.7. The van der Waals surface area contributed by atoms with Gasteiger partial charge in [0.15, 0.2) is 0 Å². The van der Waals surface area contributed by atoms with E-state index >= 15 is 0 Å². The molecule has 2 aromatic rings. The number of esters is 1. The third-order valence-electron chi connectivity index (χ3n) is 6.26. The van der Waals surface area contributed by atoms with Gasteiger partial charge < -0.3 is 32.8 Å². The molecule has 42 heavy (non-hydrogen) atoms. The van der Waals surface area contributed by atoms with Crippen LogP contribution in [0.1, 0.15) is 71.8 Å². The molecule has 234 valence electrons. The number of unbranched alkanes of at least 4 members (excludes halogenated alkanes) is 3. The van der Waals surface area contributed by atoms with Crippen molar-refractivity contribution in [3.05, 3.63) is 48.0 Å². The number of fused-ring (bicyclic) bond motifs is 1. The molecule has 0 heterocycles. The molecule has 9 nitrogen and oxygen atoms in total. The van der Waals surface area contributed by atoms with E-state index in [1.165, 1.54) is 6.08 Å². The van der Waals surface area contributed by atoms with E-state index in [4.69, 9.17) is 27.5 Å². The standard InChI is InChI=1S/C32H49NO8Si/c1-5-21-36-30-18-17-28-25-27(14-16-29(28)26-30)15-19-31(34)37-22-11-9-10-12-23-38-32(35)33-20-13-24-42(39-6-2,40-7-3)41-8-4/h14-19,25-26H,5-13,20-24H2,1-4H3,(H,33,35)/b19-15+. The lowest BCUT2D eigenvalue weighted by Crippen LogP contribution is -2.46. The summed E-state index contributed by atoms with van der Waals surface area (Å²) in [5, 5.41) is 4.95. The van der Waals surface area contributed by atoms with Crippen LogP contribution in [0.15, 0.2) is 42.5 Å². The van der Waals surface area contributed by atoms with E-state index in [0.717, 1.165) is 54.2 Å². The van der Waals surface area contributed by atoms with Crippen molar-refractivity contribution in [1.29, 1.82) is 0 Å². The van der Waals surface area contributed by atoms with Crippen LogP contribution in [-0.2, 0) is 27.5 Å². The maximum atomic E-state index is 12.1. The van der Waals surface area contributed by atoms with Crippen LogP contribution in [0, 0.1) is 0 Å². The Bertz CT molecular complexity index is 1080. The van der Waals surface area contributed by atoms with Gasteiger partial charge >= 0.3 is 20.9 Å². The van der Waals surface area contributed by atoms with Crippen molar-refractivity contribution >= 4 is 37.7 Å². The zero-order valence-corrected chi connectivity index (χ0v) is 26.8. The average molecular weight is 604 g/mol. The fourth-order valence-electron chi connectivity index (χ4n) is 4.31. The van der Waals surface area contributed by atoms with Gasteiger partial charge in [-0.05, 0) is 99.9 Å². The van der Waals surface area contributed by atoms with Crippen LogP contribution in [0.2, 0.25) is 6.04 Å². The molecule has 0 aliphatic rings. The van der Waals surface area contributed by atoms with Crippen LogP contribution in [-0.4, -0.2) is 67.1 Å². The fraction of sp³-hybridized carbons (Fsp3) is 0.562. The predicted molar refractivity (Wildman–Crippen MR) is 168 cm³/mol. The van der Waals surface area contributed by atoms with Gasteiger partial charge in [-0.25, -0.2) is 9.59 Å². The summed E-state index contributed by atoms with van der Waals surface area (Å²) in [6.45, 7) is 11.3. The zero-order chi connectivity index (χ0) is 30.5. The van der Waals surface area contributed by atoms with Crippen molar-refractivity contribution in [1.82, 2.24) is 5.32 Å². The van der Waals surface area contributed by atoms with E-state index in [9.17, 15) is 9.59 Å². The summed E-state index contributed by atoms with van der Waals surface area (Å²) in [5.74, 6) is 0.505. The second-order valence-corrected chi connectivity index (χ2v) is 12.4. The van der Waals surface area contributed by atoms with Crippen molar-refractivity contribution in [2.75, 3.05) is 46.2 Å². The number of hydrogen-bond donors (Lipinski definition) is 1. The highest BCUT2D eigenvalue weighted by Gasteiger charge is 2.39. The highest BCUT2D eigenvalue weighted by molar-refractivity contribution is 6.60. The quantitative estimate of drug-likeness (QED) is 0.0671. The minimum Gasteiger partial charge on any atom is -0.494 e. The first-order chi connectivity index (χ1) is 20.4. The number of carbonyl (C=O) groups excluding carboxylic acids is 2. The number of ether oxygens (including phenoxy) is 3. The number of benzene rings is 2. The lowest BCUT2D eigenvalue weighted by atomic mass is 10.1. The third-order valence-corrected chi connectivity index (χ3v) is 9.41. The van der Waals surface area contributed by atoms with E-state index in [1.807, 2.05) is 57.2 Å². The number of nitrogens with one attached hydrogen (secondary N) is 1. The Morgan fingerprint density at radius 3 is 2.07 bits per heavy atom. The molecule has 0 spiro atoms. The molecule has 2 aromatic carbocycles. The molecule has 0 atom stereocenters. The summed E-state index contributed by atoms with van der Waals surface area (Å²) in [6.07, 6.45) is 7.73. The van der Waals surface area contributed by atoms with Crippen molar-refractivity contribution in [2.24, 2.45) is 0 Å².